The zero-order chi connectivity index (χ0) is 13.1. The number of amides is 1. The van der Waals surface area contributed by atoms with Crippen LogP contribution in [0.5, 0.6) is 0 Å². The lowest BCUT2D eigenvalue weighted by molar-refractivity contribution is 0.151. The van der Waals surface area contributed by atoms with Gasteiger partial charge in [-0.2, -0.15) is 0 Å². The first-order valence-corrected chi connectivity index (χ1v) is 6.00. The zero-order valence-corrected chi connectivity index (χ0v) is 10.9. The van der Waals surface area contributed by atoms with Crippen LogP contribution in [0.15, 0.2) is 22.6 Å². The molecule has 0 saturated carbocycles. The van der Waals surface area contributed by atoms with Crippen LogP contribution in [0.4, 0.5) is 4.79 Å². The van der Waals surface area contributed by atoms with Gasteiger partial charge >= 0.3 is 6.09 Å². The SMILES string of the molecule is CCOC(=O)NCc1cc2cc(C)cc(C)c2o1. The first-order chi connectivity index (χ1) is 8.60. The van der Waals surface area contributed by atoms with Crippen LogP contribution in [0.3, 0.4) is 0 Å². The Labute approximate surface area is 106 Å². The van der Waals surface area contributed by atoms with Crippen LogP contribution in [0.2, 0.25) is 0 Å². The summed E-state index contributed by atoms with van der Waals surface area (Å²) in [6.07, 6.45) is -0.425. The summed E-state index contributed by atoms with van der Waals surface area (Å²) in [5, 5.41) is 3.70. The Kier molecular flexibility index (Phi) is 3.55. The number of hydrogen-bond donors (Lipinski definition) is 1. The molecule has 2 rings (SSSR count). The van der Waals surface area contributed by atoms with Gasteiger partial charge in [-0.05, 0) is 38.5 Å². The summed E-state index contributed by atoms with van der Waals surface area (Å²) in [5.41, 5.74) is 3.18. The molecule has 0 fully saturated rings. The lowest BCUT2D eigenvalue weighted by Crippen LogP contribution is -2.23. The number of nitrogens with one attached hydrogen (secondary N) is 1. The summed E-state index contributed by atoms with van der Waals surface area (Å²) in [6.45, 7) is 6.54. The fraction of sp³-hybridized carbons (Fsp3) is 0.357. The third-order valence-electron chi connectivity index (χ3n) is 2.68. The van der Waals surface area contributed by atoms with Crippen LogP contribution < -0.4 is 5.32 Å². The van der Waals surface area contributed by atoms with Crippen molar-refractivity contribution in [2.24, 2.45) is 0 Å². The molecule has 0 saturated heterocycles. The number of fused-ring (bicyclic) bond motifs is 1. The number of aryl methyl sites for hydroxylation is 2. The predicted octanol–water partition coefficient (Wildman–Crippen LogP) is 3.30. The van der Waals surface area contributed by atoms with Gasteiger partial charge in [0.15, 0.2) is 0 Å². The molecule has 0 aliphatic carbocycles. The third kappa shape index (κ3) is 2.64. The first kappa shape index (κ1) is 12.5. The molecular formula is C14H17NO3. The van der Waals surface area contributed by atoms with Crippen LogP contribution >= 0.6 is 0 Å². The van der Waals surface area contributed by atoms with Crippen molar-refractivity contribution in [1.82, 2.24) is 5.32 Å². The highest BCUT2D eigenvalue weighted by molar-refractivity contribution is 5.82. The van der Waals surface area contributed by atoms with E-state index in [-0.39, 0.29) is 0 Å². The third-order valence-corrected chi connectivity index (χ3v) is 2.68. The Morgan fingerprint density at radius 1 is 1.33 bits per heavy atom. The van der Waals surface area contributed by atoms with Crippen molar-refractivity contribution in [2.75, 3.05) is 6.61 Å². The minimum Gasteiger partial charge on any atom is -0.459 e. The molecule has 0 aliphatic rings. The molecule has 0 atom stereocenters. The zero-order valence-electron chi connectivity index (χ0n) is 10.9. The van der Waals surface area contributed by atoms with Gasteiger partial charge in [0.1, 0.15) is 11.3 Å². The molecule has 4 heteroatoms. The molecule has 1 N–H and O–H groups in total. The number of carbonyl (C=O) groups is 1. The van der Waals surface area contributed by atoms with Gasteiger partial charge in [-0.3, -0.25) is 0 Å². The molecule has 1 amide bonds. The van der Waals surface area contributed by atoms with E-state index in [2.05, 4.69) is 24.4 Å². The number of hydrogen-bond acceptors (Lipinski definition) is 3. The fourth-order valence-electron chi connectivity index (χ4n) is 2.00. The minimum absolute atomic E-state index is 0.339. The highest BCUT2D eigenvalue weighted by Gasteiger charge is 2.08. The van der Waals surface area contributed by atoms with Gasteiger partial charge in [0.2, 0.25) is 0 Å². The van der Waals surface area contributed by atoms with E-state index >= 15 is 0 Å². The van der Waals surface area contributed by atoms with Crippen molar-refractivity contribution in [3.05, 3.63) is 35.1 Å². The minimum atomic E-state index is -0.425. The highest BCUT2D eigenvalue weighted by Crippen LogP contribution is 2.24. The number of rotatable bonds is 3. The van der Waals surface area contributed by atoms with Crippen molar-refractivity contribution in [3.8, 4) is 0 Å². The van der Waals surface area contributed by atoms with Crippen molar-refractivity contribution in [2.45, 2.75) is 27.3 Å². The smallest absolute Gasteiger partial charge is 0.407 e. The monoisotopic (exact) mass is 247 g/mol. The summed E-state index contributed by atoms with van der Waals surface area (Å²) in [7, 11) is 0. The summed E-state index contributed by atoms with van der Waals surface area (Å²) in [4.78, 5) is 11.2. The maximum Gasteiger partial charge on any atom is 0.407 e. The van der Waals surface area contributed by atoms with E-state index in [4.69, 9.17) is 9.15 Å². The molecule has 1 aromatic carbocycles. The molecule has 0 aliphatic heterocycles. The van der Waals surface area contributed by atoms with E-state index in [1.165, 1.54) is 5.56 Å². The average molecular weight is 247 g/mol. The van der Waals surface area contributed by atoms with Gasteiger partial charge in [0.25, 0.3) is 0 Å². The van der Waals surface area contributed by atoms with Gasteiger partial charge in [-0.15, -0.1) is 0 Å². The second kappa shape index (κ2) is 5.12. The van der Waals surface area contributed by atoms with Gasteiger partial charge in [-0.1, -0.05) is 11.6 Å². The maximum atomic E-state index is 11.2. The Morgan fingerprint density at radius 3 is 2.83 bits per heavy atom. The second-order valence-corrected chi connectivity index (χ2v) is 4.29. The van der Waals surface area contributed by atoms with Crippen molar-refractivity contribution >= 4 is 17.1 Å². The summed E-state index contributed by atoms with van der Waals surface area (Å²) in [5.74, 6) is 0.728. The highest BCUT2D eigenvalue weighted by atomic mass is 16.5. The van der Waals surface area contributed by atoms with E-state index in [0.29, 0.717) is 13.2 Å². The van der Waals surface area contributed by atoms with Crippen molar-refractivity contribution in [1.29, 1.82) is 0 Å². The molecule has 96 valence electrons. The van der Waals surface area contributed by atoms with E-state index in [1.807, 2.05) is 13.0 Å². The van der Waals surface area contributed by atoms with Gasteiger partial charge in [0, 0.05) is 5.39 Å². The van der Waals surface area contributed by atoms with Crippen LogP contribution in [-0.2, 0) is 11.3 Å². The largest absolute Gasteiger partial charge is 0.459 e. The van der Waals surface area contributed by atoms with Gasteiger partial charge < -0.3 is 14.5 Å². The van der Waals surface area contributed by atoms with Crippen LogP contribution in [0.25, 0.3) is 11.0 Å². The normalized spacial score (nSPS) is 10.6. The molecule has 18 heavy (non-hydrogen) atoms. The fourth-order valence-corrected chi connectivity index (χ4v) is 2.00. The quantitative estimate of drug-likeness (QED) is 0.905. The van der Waals surface area contributed by atoms with E-state index < -0.39 is 6.09 Å². The molecular weight excluding hydrogens is 230 g/mol. The van der Waals surface area contributed by atoms with Crippen molar-refractivity contribution in [3.63, 3.8) is 0 Å². The Bertz CT molecular complexity index is 572. The van der Waals surface area contributed by atoms with Crippen LogP contribution in [0, 0.1) is 13.8 Å². The molecule has 4 nitrogen and oxygen atoms in total. The number of alkyl carbamates (subject to hydrolysis) is 1. The Balaban J connectivity index is 2.15. The second-order valence-electron chi connectivity index (χ2n) is 4.29. The van der Waals surface area contributed by atoms with Gasteiger partial charge in [0.05, 0.1) is 13.2 Å². The number of furan rings is 1. The summed E-state index contributed by atoms with van der Waals surface area (Å²) < 4.78 is 10.5. The Hall–Kier alpha value is -1.97. The maximum absolute atomic E-state index is 11.2. The summed E-state index contributed by atoms with van der Waals surface area (Å²) in [6, 6.07) is 6.09. The molecule has 2 aromatic rings. The summed E-state index contributed by atoms with van der Waals surface area (Å²) >= 11 is 0. The lowest BCUT2D eigenvalue weighted by Gasteiger charge is -2.02. The number of benzene rings is 1. The van der Waals surface area contributed by atoms with Crippen LogP contribution in [-0.4, -0.2) is 12.7 Å². The molecule has 0 bridgehead atoms. The van der Waals surface area contributed by atoms with E-state index in [0.717, 1.165) is 22.3 Å². The van der Waals surface area contributed by atoms with Crippen molar-refractivity contribution < 1.29 is 13.9 Å². The van der Waals surface area contributed by atoms with E-state index in [1.54, 1.807) is 6.92 Å². The molecule has 1 heterocycles. The molecule has 0 unspecified atom stereocenters. The topological polar surface area (TPSA) is 51.5 Å². The molecule has 1 aromatic heterocycles. The average Bonchev–Trinajstić information content (AvgIpc) is 2.70. The number of carbonyl (C=O) groups excluding carboxylic acids is 1. The molecule has 0 radical (unpaired) electrons. The van der Waals surface area contributed by atoms with Gasteiger partial charge in [-0.25, -0.2) is 4.79 Å². The molecule has 0 spiro atoms. The standard InChI is InChI=1S/C14H17NO3/c1-4-17-14(16)15-8-12-7-11-6-9(2)5-10(3)13(11)18-12/h5-7H,4,8H2,1-3H3,(H,15,16). The first-order valence-electron chi connectivity index (χ1n) is 6.00. The van der Waals surface area contributed by atoms with Crippen LogP contribution in [0.1, 0.15) is 23.8 Å². The lowest BCUT2D eigenvalue weighted by atomic mass is 10.1. The Morgan fingerprint density at radius 2 is 2.11 bits per heavy atom. The van der Waals surface area contributed by atoms with E-state index in [9.17, 15) is 4.79 Å². The number of ether oxygens (including phenoxy) is 1. The predicted molar refractivity (Wildman–Crippen MR) is 69.5 cm³/mol.